The molecule has 22 heavy (non-hydrogen) atoms. The number of amides is 2. The Labute approximate surface area is 137 Å². The van der Waals surface area contributed by atoms with Crippen LogP contribution in [-0.2, 0) is 9.59 Å². The van der Waals surface area contributed by atoms with E-state index in [9.17, 15) is 9.59 Å². The molecule has 0 heterocycles. The summed E-state index contributed by atoms with van der Waals surface area (Å²) in [6, 6.07) is 5.22. The van der Waals surface area contributed by atoms with Crippen molar-refractivity contribution >= 4 is 30.6 Å². The van der Waals surface area contributed by atoms with E-state index in [0.717, 1.165) is 12.8 Å². The van der Waals surface area contributed by atoms with E-state index in [4.69, 9.17) is 4.74 Å². The van der Waals surface area contributed by atoms with Gasteiger partial charge in [-0.05, 0) is 31.0 Å². The summed E-state index contributed by atoms with van der Waals surface area (Å²) in [5.41, 5.74) is 0.547. The fourth-order valence-electron chi connectivity index (χ4n) is 2.23. The molecule has 0 radical (unpaired) electrons. The molecule has 0 unspecified atom stereocenters. The largest absolute Gasteiger partial charge is 0.495 e. The number of carbonyl (C=O) groups excluding carboxylic acids is 2. The van der Waals surface area contributed by atoms with Crippen molar-refractivity contribution in [1.29, 1.82) is 0 Å². The van der Waals surface area contributed by atoms with Crippen LogP contribution in [0.5, 0.6) is 5.75 Å². The minimum absolute atomic E-state index is 0.00289. The highest BCUT2D eigenvalue weighted by molar-refractivity contribution is 7.80. The Morgan fingerprint density at radius 1 is 1.27 bits per heavy atom. The minimum atomic E-state index is -0.0672. The average Bonchev–Trinajstić information content (AvgIpc) is 2.52. The van der Waals surface area contributed by atoms with Gasteiger partial charge in [-0.1, -0.05) is 13.8 Å². The molecule has 0 atom stereocenters. The molecule has 0 spiro atoms. The van der Waals surface area contributed by atoms with Gasteiger partial charge in [0.2, 0.25) is 12.3 Å². The number of hydrogen-bond acceptors (Lipinski definition) is 4. The van der Waals surface area contributed by atoms with Crippen LogP contribution in [0.25, 0.3) is 0 Å². The first-order valence-electron chi connectivity index (χ1n) is 7.44. The zero-order valence-corrected chi connectivity index (χ0v) is 14.3. The van der Waals surface area contributed by atoms with Gasteiger partial charge in [0, 0.05) is 18.0 Å². The summed E-state index contributed by atoms with van der Waals surface area (Å²) < 4.78 is 5.26. The number of rotatable bonds is 9. The van der Waals surface area contributed by atoms with Crippen LogP contribution in [0, 0.1) is 0 Å². The predicted molar refractivity (Wildman–Crippen MR) is 90.8 cm³/mol. The van der Waals surface area contributed by atoms with Crippen molar-refractivity contribution in [1.82, 2.24) is 4.90 Å². The first-order valence-corrected chi connectivity index (χ1v) is 7.88. The zero-order chi connectivity index (χ0) is 16.5. The van der Waals surface area contributed by atoms with Gasteiger partial charge in [0.1, 0.15) is 12.3 Å². The smallest absolute Gasteiger partial charge is 0.242 e. The second-order valence-electron chi connectivity index (χ2n) is 4.97. The van der Waals surface area contributed by atoms with Crippen molar-refractivity contribution < 1.29 is 14.3 Å². The van der Waals surface area contributed by atoms with Crippen molar-refractivity contribution in [2.45, 2.75) is 31.6 Å². The number of nitrogens with zero attached hydrogens (tertiary/aromatic N) is 2. The normalized spacial score (nSPS) is 10.2. The molecule has 0 saturated heterocycles. The van der Waals surface area contributed by atoms with Crippen LogP contribution in [0.1, 0.15) is 26.7 Å². The maximum Gasteiger partial charge on any atom is 0.242 e. The van der Waals surface area contributed by atoms with E-state index in [2.05, 4.69) is 12.6 Å². The lowest BCUT2D eigenvalue weighted by atomic mass is 10.2. The Morgan fingerprint density at radius 3 is 2.41 bits per heavy atom. The molecule has 0 aromatic heterocycles. The van der Waals surface area contributed by atoms with Gasteiger partial charge in [0.05, 0.1) is 12.8 Å². The maximum atomic E-state index is 12.4. The number of methoxy groups -OCH3 is 1. The topological polar surface area (TPSA) is 49.9 Å². The fourth-order valence-corrected chi connectivity index (χ4v) is 2.43. The van der Waals surface area contributed by atoms with Gasteiger partial charge in [-0.25, -0.2) is 0 Å². The van der Waals surface area contributed by atoms with E-state index < -0.39 is 0 Å². The molecule has 0 bridgehead atoms. The van der Waals surface area contributed by atoms with Crippen molar-refractivity contribution in [3.8, 4) is 5.75 Å². The molecule has 1 aromatic carbocycles. The Balaban J connectivity index is 2.94. The number of thiol groups is 1. The molecule has 0 aliphatic carbocycles. The molecule has 5 nitrogen and oxygen atoms in total. The lowest BCUT2D eigenvalue weighted by molar-refractivity contribution is -0.130. The van der Waals surface area contributed by atoms with Crippen molar-refractivity contribution in [2.24, 2.45) is 0 Å². The predicted octanol–water partition coefficient (Wildman–Crippen LogP) is 2.60. The third kappa shape index (κ3) is 4.94. The van der Waals surface area contributed by atoms with Crippen molar-refractivity contribution in [3.05, 3.63) is 18.2 Å². The summed E-state index contributed by atoms with van der Waals surface area (Å²) >= 11 is 4.28. The van der Waals surface area contributed by atoms with Gasteiger partial charge in [-0.15, -0.1) is 12.6 Å². The first-order chi connectivity index (χ1) is 10.6. The van der Waals surface area contributed by atoms with Crippen LogP contribution in [-0.4, -0.2) is 44.0 Å². The molecule has 0 N–H and O–H groups in total. The Bertz CT molecular complexity index is 502. The summed E-state index contributed by atoms with van der Waals surface area (Å²) in [5.74, 6) is 0.470. The number of anilines is 1. The van der Waals surface area contributed by atoms with E-state index in [1.165, 1.54) is 12.0 Å². The molecule has 0 aliphatic heterocycles. The fraction of sp³-hybridized carbons (Fsp3) is 0.500. The summed E-state index contributed by atoms with van der Waals surface area (Å²) in [6.07, 6.45) is 2.43. The highest BCUT2D eigenvalue weighted by Crippen LogP contribution is 2.29. The van der Waals surface area contributed by atoms with Gasteiger partial charge < -0.3 is 14.5 Å². The third-order valence-corrected chi connectivity index (χ3v) is 3.52. The molecule has 0 aliphatic rings. The Kier molecular flexibility index (Phi) is 7.80. The molecular weight excluding hydrogens is 300 g/mol. The number of ether oxygens (including phenoxy) is 1. The van der Waals surface area contributed by atoms with Crippen molar-refractivity contribution in [2.75, 3.05) is 31.6 Å². The maximum absolute atomic E-state index is 12.4. The molecule has 2 amide bonds. The van der Waals surface area contributed by atoms with Crippen LogP contribution in [0.15, 0.2) is 23.1 Å². The van der Waals surface area contributed by atoms with Gasteiger partial charge in [-0.3, -0.25) is 9.59 Å². The van der Waals surface area contributed by atoms with Gasteiger partial charge in [-0.2, -0.15) is 0 Å². The molecular formula is C16H24N2O3S. The van der Waals surface area contributed by atoms with E-state index >= 15 is 0 Å². The summed E-state index contributed by atoms with van der Waals surface area (Å²) in [7, 11) is 1.53. The van der Waals surface area contributed by atoms with E-state index in [1.807, 2.05) is 13.8 Å². The Morgan fingerprint density at radius 2 is 1.91 bits per heavy atom. The molecule has 0 saturated carbocycles. The molecule has 122 valence electrons. The zero-order valence-electron chi connectivity index (χ0n) is 13.4. The van der Waals surface area contributed by atoms with Gasteiger partial charge in [0.25, 0.3) is 0 Å². The lowest BCUT2D eigenvalue weighted by Crippen LogP contribution is -2.41. The van der Waals surface area contributed by atoms with Crippen molar-refractivity contribution in [3.63, 3.8) is 0 Å². The summed E-state index contributed by atoms with van der Waals surface area (Å²) in [4.78, 5) is 27.7. The van der Waals surface area contributed by atoms with Crippen LogP contribution in [0.4, 0.5) is 5.69 Å². The number of hydrogen-bond donors (Lipinski definition) is 1. The van der Waals surface area contributed by atoms with Crippen LogP contribution in [0.3, 0.4) is 0 Å². The molecule has 6 heteroatoms. The third-order valence-electron chi connectivity index (χ3n) is 3.24. The van der Waals surface area contributed by atoms with Crippen LogP contribution >= 0.6 is 12.6 Å². The minimum Gasteiger partial charge on any atom is -0.495 e. The first kappa shape index (κ1) is 18.4. The summed E-state index contributed by atoms with van der Waals surface area (Å²) in [6.45, 7) is 5.45. The van der Waals surface area contributed by atoms with Gasteiger partial charge in [0.15, 0.2) is 0 Å². The molecule has 0 fully saturated rings. The second-order valence-corrected chi connectivity index (χ2v) is 5.49. The van der Waals surface area contributed by atoms with E-state index in [0.29, 0.717) is 35.8 Å². The van der Waals surface area contributed by atoms with Gasteiger partial charge >= 0.3 is 0 Å². The number of carbonyl (C=O) groups is 2. The average molecular weight is 324 g/mol. The monoisotopic (exact) mass is 324 g/mol. The van der Waals surface area contributed by atoms with E-state index in [1.54, 1.807) is 23.1 Å². The molecule has 1 aromatic rings. The van der Waals surface area contributed by atoms with Crippen LogP contribution in [0.2, 0.25) is 0 Å². The second kappa shape index (κ2) is 9.35. The van der Waals surface area contributed by atoms with E-state index in [-0.39, 0.29) is 12.5 Å². The quantitative estimate of drug-likeness (QED) is 0.561. The standard InChI is InChI=1S/C16H24N2O3S/c1-4-8-17(9-5-2)16(20)11-18(12-19)14-10-13(22)6-7-15(14)21-3/h6-7,10,12,22H,4-5,8-9,11H2,1-3H3. The number of benzene rings is 1. The highest BCUT2D eigenvalue weighted by Gasteiger charge is 2.19. The Hall–Kier alpha value is -1.69. The molecule has 1 rings (SSSR count). The SMILES string of the molecule is CCCN(CCC)C(=O)CN(C=O)c1cc(S)ccc1OC. The highest BCUT2D eigenvalue weighted by atomic mass is 32.1. The summed E-state index contributed by atoms with van der Waals surface area (Å²) in [5, 5.41) is 0. The van der Waals surface area contributed by atoms with Crippen LogP contribution < -0.4 is 9.64 Å². The lowest BCUT2D eigenvalue weighted by Gasteiger charge is -2.26.